The van der Waals surface area contributed by atoms with E-state index >= 15 is 0 Å². The number of rotatable bonds is 7. The van der Waals surface area contributed by atoms with Crippen LogP contribution in [0.4, 0.5) is 0 Å². The summed E-state index contributed by atoms with van der Waals surface area (Å²) in [6.07, 6.45) is -6.80. The van der Waals surface area contributed by atoms with E-state index in [9.17, 15) is 29.1 Å². The van der Waals surface area contributed by atoms with Crippen LogP contribution in [0.5, 0.6) is 0 Å². The Hall–Kier alpha value is -3.51. The molecule has 1 aromatic carbocycles. The van der Waals surface area contributed by atoms with Gasteiger partial charge in [-0.2, -0.15) is 0 Å². The van der Waals surface area contributed by atoms with Gasteiger partial charge in [0.05, 0.1) is 17.1 Å². The third-order valence-electron chi connectivity index (χ3n) is 8.72. The van der Waals surface area contributed by atoms with Gasteiger partial charge in [0, 0.05) is 27.7 Å². The fourth-order valence-electron chi connectivity index (χ4n) is 7.51. The molecule has 3 aliphatic rings. The van der Waals surface area contributed by atoms with Crippen LogP contribution in [0.15, 0.2) is 30.3 Å². The molecule has 0 amide bonds. The molecular weight excluding hydrogens is 552 g/mol. The van der Waals surface area contributed by atoms with Gasteiger partial charge in [-0.1, -0.05) is 25.1 Å². The van der Waals surface area contributed by atoms with Crippen molar-refractivity contribution in [2.24, 2.45) is 17.3 Å². The Kier molecular flexibility index (Phi) is 8.45. The summed E-state index contributed by atoms with van der Waals surface area (Å²) >= 11 is 0. The van der Waals surface area contributed by atoms with Crippen LogP contribution in [0.25, 0.3) is 0 Å². The predicted molar refractivity (Wildman–Crippen MR) is 143 cm³/mol. The van der Waals surface area contributed by atoms with Gasteiger partial charge in [0.15, 0.2) is 6.10 Å². The van der Waals surface area contributed by atoms with Crippen molar-refractivity contribution < 1.29 is 57.5 Å². The molecule has 1 heterocycles. The lowest BCUT2D eigenvalue weighted by Gasteiger charge is -2.64. The molecule has 1 saturated heterocycles. The van der Waals surface area contributed by atoms with Crippen LogP contribution in [0, 0.1) is 17.3 Å². The molecule has 42 heavy (non-hydrogen) atoms. The van der Waals surface area contributed by atoms with Gasteiger partial charge >= 0.3 is 29.8 Å². The normalized spacial score (nSPS) is 36.1. The first-order valence-corrected chi connectivity index (χ1v) is 13.9. The molecule has 2 saturated carbocycles. The molecule has 1 aromatic rings. The third-order valence-corrected chi connectivity index (χ3v) is 8.72. The molecule has 1 spiro atoms. The summed E-state index contributed by atoms with van der Waals surface area (Å²) in [5.74, 6) is -5.24. The number of hydrogen-bond donors (Lipinski definition) is 1. The summed E-state index contributed by atoms with van der Waals surface area (Å²) in [4.78, 5) is 63.3. The number of hydrogen-bond acceptors (Lipinski definition) is 12. The number of ether oxygens (including phenoxy) is 6. The number of benzene rings is 1. The first-order chi connectivity index (χ1) is 19.6. The predicted octanol–water partition coefficient (Wildman–Crippen LogP) is 2.13. The van der Waals surface area contributed by atoms with Gasteiger partial charge < -0.3 is 33.5 Å². The van der Waals surface area contributed by atoms with Crippen LogP contribution in [-0.4, -0.2) is 83.3 Å². The highest BCUT2D eigenvalue weighted by molar-refractivity contribution is 5.89. The second-order valence-electron chi connectivity index (χ2n) is 11.9. The van der Waals surface area contributed by atoms with Crippen molar-refractivity contribution in [2.75, 3.05) is 6.61 Å². The van der Waals surface area contributed by atoms with Gasteiger partial charge in [-0.3, -0.25) is 19.2 Å². The smallest absolute Gasteiger partial charge is 0.338 e. The molecular formula is C30H38O12. The topological polar surface area (TPSA) is 161 Å². The Morgan fingerprint density at radius 3 is 1.95 bits per heavy atom. The van der Waals surface area contributed by atoms with E-state index in [0.29, 0.717) is 0 Å². The maximum absolute atomic E-state index is 13.6. The van der Waals surface area contributed by atoms with Crippen molar-refractivity contribution in [3.05, 3.63) is 35.9 Å². The van der Waals surface area contributed by atoms with Crippen LogP contribution in [0.2, 0.25) is 0 Å². The zero-order valence-corrected chi connectivity index (χ0v) is 24.8. The van der Waals surface area contributed by atoms with Gasteiger partial charge in [-0.15, -0.1) is 0 Å². The number of carbonyl (C=O) groups is 5. The Morgan fingerprint density at radius 2 is 1.40 bits per heavy atom. The first-order valence-electron chi connectivity index (χ1n) is 13.9. The molecule has 4 rings (SSSR count). The summed E-state index contributed by atoms with van der Waals surface area (Å²) < 4.78 is 35.9. The number of aliphatic hydroxyl groups excluding tert-OH is 1. The monoisotopic (exact) mass is 590 g/mol. The summed E-state index contributed by atoms with van der Waals surface area (Å²) in [6, 6.07) is 8.04. The molecule has 230 valence electrons. The van der Waals surface area contributed by atoms with E-state index < -0.39 is 95.4 Å². The SMILES string of the molecule is CC(=O)OC[C@]12C(OC(C)=O)C(OC(C)=O)C[C@H](C)[C@]13OC(C)(C)[C@H](C(O)C2OC(=O)c1ccccc1)C3OC(C)=O. The molecule has 0 aromatic heterocycles. The molecule has 3 fully saturated rings. The van der Waals surface area contributed by atoms with Crippen molar-refractivity contribution in [2.45, 2.75) is 96.6 Å². The highest BCUT2D eigenvalue weighted by Crippen LogP contribution is 2.68. The van der Waals surface area contributed by atoms with Crippen molar-refractivity contribution >= 4 is 29.8 Å². The second kappa shape index (κ2) is 11.3. The average molecular weight is 591 g/mol. The largest absolute Gasteiger partial charge is 0.465 e. The van der Waals surface area contributed by atoms with E-state index in [-0.39, 0.29) is 12.0 Å². The van der Waals surface area contributed by atoms with E-state index in [4.69, 9.17) is 28.4 Å². The maximum Gasteiger partial charge on any atom is 0.338 e. The molecule has 12 heteroatoms. The number of carbonyl (C=O) groups excluding carboxylic acids is 5. The van der Waals surface area contributed by atoms with Crippen molar-refractivity contribution in [3.63, 3.8) is 0 Å². The molecule has 1 N–H and O–H groups in total. The second-order valence-corrected chi connectivity index (χ2v) is 11.9. The molecule has 1 aliphatic heterocycles. The summed E-state index contributed by atoms with van der Waals surface area (Å²) in [5.41, 5.74) is -4.59. The lowest BCUT2D eigenvalue weighted by atomic mass is 9.47. The highest BCUT2D eigenvalue weighted by Gasteiger charge is 2.85. The Bertz CT molecular complexity index is 1240. The Labute approximate surface area is 243 Å². The van der Waals surface area contributed by atoms with Crippen LogP contribution in [-0.2, 0) is 47.6 Å². The van der Waals surface area contributed by atoms with Crippen LogP contribution >= 0.6 is 0 Å². The molecule has 12 nitrogen and oxygen atoms in total. The minimum absolute atomic E-state index is 0.0787. The fourth-order valence-corrected chi connectivity index (χ4v) is 7.51. The van der Waals surface area contributed by atoms with Crippen molar-refractivity contribution in [1.82, 2.24) is 0 Å². The number of aliphatic hydroxyl groups is 1. The third kappa shape index (κ3) is 5.04. The Morgan fingerprint density at radius 1 is 0.833 bits per heavy atom. The Balaban J connectivity index is 2.06. The lowest BCUT2D eigenvalue weighted by molar-refractivity contribution is -0.329. The van der Waals surface area contributed by atoms with E-state index in [2.05, 4.69) is 0 Å². The summed E-state index contributed by atoms with van der Waals surface area (Å²) in [7, 11) is 0. The number of esters is 5. The minimum Gasteiger partial charge on any atom is -0.465 e. The number of fused-ring (bicyclic) bond motifs is 1. The van der Waals surface area contributed by atoms with E-state index in [0.717, 1.165) is 13.8 Å². The first kappa shape index (κ1) is 31.4. The molecule has 2 aliphatic carbocycles. The van der Waals surface area contributed by atoms with Crippen LogP contribution in [0.3, 0.4) is 0 Å². The van der Waals surface area contributed by atoms with E-state index in [1.54, 1.807) is 39.0 Å². The fraction of sp³-hybridized carbons (Fsp3) is 0.633. The molecule has 2 bridgehead atoms. The van der Waals surface area contributed by atoms with E-state index in [1.165, 1.54) is 26.0 Å². The van der Waals surface area contributed by atoms with Gasteiger partial charge in [0.25, 0.3) is 0 Å². The van der Waals surface area contributed by atoms with Gasteiger partial charge in [-0.05, 0) is 38.3 Å². The molecule has 5 unspecified atom stereocenters. The average Bonchev–Trinajstić information content (AvgIpc) is 3.08. The van der Waals surface area contributed by atoms with Gasteiger partial charge in [-0.25, -0.2) is 4.79 Å². The molecule has 0 radical (unpaired) electrons. The van der Waals surface area contributed by atoms with Crippen molar-refractivity contribution in [1.29, 1.82) is 0 Å². The summed E-state index contributed by atoms with van der Waals surface area (Å²) in [6.45, 7) is 9.28. The zero-order chi connectivity index (χ0) is 31.2. The van der Waals surface area contributed by atoms with Crippen LogP contribution < -0.4 is 0 Å². The summed E-state index contributed by atoms with van der Waals surface area (Å²) in [5, 5.41) is 12.1. The maximum atomic E-state index is 13.6. The molecule has 9 atom stereocenters. The quantitative estimate of drug-likeness (QED) is 0.364. The standard InChI is InChI=1S/C30H38O12/c1-15-13-21(38-17(3)32)24(39-18(4)33)29(14-37-16(2)31)26(41-27(36)20-11-9-8-10-12-20)23(35)22-25(40-19(5)34)30(15,29)42-28(22,6)7/h8-12,15,21-26,35H,13-14H2,1-7H3/t15-,21?,22+,23?,24?,25?,26?,29+,30+/m0/s1. The highest BCUT2D eigenvalue weighted by atomic mass is 16.6. The zero-order valence-electron chi connectivity index (χ0n) is 24.8. The van der Waals surface area contributed by atoms with E-state index in [1.807, 2.05) is 0 Å². The lowest BCUT2D eigenvalue weighted by Crippen LogP contribution is -2.81. The van der Waals surface area contributed by atoms with Crippen molar-refractivity contribution in [3.8, 4) is 0 Å². The van der Waals surface area contributed by atoms with Crippen LogP contribution in [0.1, 0.15) is 65.2 Å². The minimum atomic E-state index is -1.92. The van der Waals surface area contributed by atoms with Gasteiger partial charge in [0.1, 0.15) is 42.0 Å². The van der Waals surface area contributed by atoms with Gasteiger partial charge in [0.2, 0.25) is 0 Å².